The molecule has 7 nitrogen and oxygen atoms in total. The number of nitrogens with one attached hydrogen (secondary N) is 1. The Morgan fingerprint density at radius 3 is 2.72 bits per heavy atom. The molecule has 140 valence electrons. The number of hydrogen-bond acceptors (Lipinski definition) is 6. The van der Waals surface area contributed by atoms with E-state index in [0.717, 1.165) is 12.2 Å². The molecule has 9 heteroatoms. The van der Waals surface area contributed by atoms with E-state index in [1.165, 1.54) is 37.4 Å². The van der Waals surface area contributed by atoms with Gasteiger partial charge in [-0.15, -0.1) is 5.10 Å². The molecule has 2 aliphatic rings. The number of rotatable bonds is 6. The molecule has 2 atom stereocenters. The van der Waals surface area contributed by atoms with Crippen molar-refractivity contribution in [2.24, 2.45) is 5.92 Å². The molecule has 0 aromatic carbocycles. The first-order valence-electron chi connectivity index (χ1n) is 8.89. The molecule has 3 rings (SSSR count). The van der Waals surface area contributed by atoms with E-state index in [1.54, 1.807) is 11.9 Å². The van der Waals surface area contributed by atoms with Crippen LogP contribution in [0.2, 0.25) is 0 Å². The van der Waals surface area contributed by atoms with E-state index in [2.05, 4.69) is 15.2 Å². The second kappa shape index (κ2) is 7.65. The van der Waals surface area contributed by atoms with Crippen molar-refractivity contribution in [3.8, 4) is 0 Å². The summed E-state index contributed by atoms with van der Waals surface area (Å²) in [6.07, 6.45) is 6.56. The lowest BCUT2D eigenvalue weighted by molar-refractivity contribution is -0.130. The zero-order chi connectivity index (χ0) is 18.0. The largest absolute Gasteiger partial charge is 0.341 e. The normalized spacial score (nSPS) is 24.5. The topological polar surface area (TPSA) is 96.0 Å². The number of nitrogens with zero attached hydrogens (tertiary/aromatic N) is 3. The maximum atomic E-state index is 12.6. The van der Waals surface area contributed by atoms with Gasteiger partial charge in [-0.1, -0.05) is 37.4 Å². The van der Waals surface area contributed by atoms with Crippen LogP contribution in [-0.2, 0) is 21.1 Å². The highest BCUT2D eigenvalue weighted by Gasteiger charge is 2.34. The molecular formula is C16H26N4O3S2. The molecular weight excluding hydrogens is 360 g/mol. The van der Waals surface area contributed by atoms with Crippen molar-refractivity contribution in [1.29, 1.82) is 0 Å². The van der Waals surface area contributed by atoms with E-state index in [1.807, 2.05) is 6.92 Å². The second-order valence-corrected chi connectivity index (χ2v) is 10.7. The van der Waals surface area contributed by atoms with Crippen LogP contribution in [0.5, 0.6) is 0 Å². The summed E-state index contributed by atoms with van der Waals surface area (Å²) in [6, 6.07) is -0.217. The summed E-state index contributed by atoms with van der Waals surface area (Å²) in [7, 11) is -1.31. The first kappa shape index (κ1) is 18.7. The summed E-state index contributed by atoms with van der Waals surface area (Å²) in [5, 5.41) is 7.45. The molecule has 0 spiro atoms. The van der Waals surface area contributed by atoms with Crippen LogP contribution in [0.25, 0.3) is 0 Å². The van der Waals surface area contributed by atoms with E-state index in [-0.39, 0.29) is 28.7 Å². The van der Waals surface area contributed by atoms with Gasteiger partial charge < -0.3 is 4.90 Å². The van der Waals surface area contributed by atoms with Crippen molar-refractivity contribution in [1.82, 2.24) is 20.1 Å². The van der Waals surface area contributed by atoms with Gasteiger partial charge in [-0.25, -0.2) is 13.4 Å². The predicted molar refractivity (Wildman–Crippen MR) is 97.2 cm³/mol. The number of hydrogen-bond donors (Lipinski definition) is 1. The monoisotopic (exact) mass is 386 g/mol. The maximum Gasteiger partial charge on any atom is 0.235 e. The van der Waals surface area contributed by atoms with Crippen molar-refractivity contribution < 1.29 is 13.2 Å². The molecule has 1 aromatic heterocycles. The first-order chi connectivity index (χ1) is 11.8. The molecule has 1 aliphatic carbocycles. The van der Waals surface area contributed by atoms with E-state index in [9.17, 15) is 13.2 Å². The lowest BCUT2D eigenvalue weighted by Crippen LogP contribution is -2.41. The Morgan fingerprint density at radius 1 is 1.36 bits per heavy atom. The summed E-state index contributed by atoms with van der Waals surface area (Å²) in [5.74, 6) is 1.75. The quantitative estimate of drug-likeness (QED) is 0.747. The summed E-state index contributed by atoms with van der Waals surface area (Å²) in [5.41, 5.74) is 0. The van der Waals surface area contributed by atoms with Gasteiger partial charge in [0.05, 0.1) is 16.8 Å². The zero-order valence-electron chi connectivity index (χ0n) is 14.8. The van der Waals surface area contributed by atoms with Crippen LogP contribution in [0.15, 0.2) is 5.16 Å². The van der Waals surface area contributed by atoms with Crippen LogP contribution in [0.3, 0.4) is 0 Å². The van der Waals surface area contributed by atoms with E-state index < -0.39 is 9.84 Å². The molecule has 2 fully saturated rings. The molecule has 2 heterocycles. The lowest BCUT2D eigenvalue weighted by Gasteiger charge is -2.25. The summed E-state index contributed by atoms with van der Waals surface area (Å²) >= 11 is 1.32. The van der Waals surface area contributed by atoms with Gasteiger partial charge in [0.1, 0.15) is 5.82 Å². The van der Waals surface area contributed by atoms with Gasteiger partial charge in [0.2, 0.25) is 11.1 Å². The number of carbonyl (C=O) groups is 1. The van der Waals surface area contributed by atoms with Crippen LogP contribution in [-0.4, -0.2) is 64.3 Å². The van der Waals surface area contributed by atoms with Crippen molar-refractivity contribution in [3.05, 3.63) is 5.82 Å². The molecule has 0 bridgehead atoms. The van der Waals surface area contributed by atoms with Crippen LogP contribution in [0.4, 0.5) is 0 Å². The van der Waals surface area contributed by atoms with Gasteiger partial charge in [0, 0.05) is 19.5 Å². The molecule has 1 aromatic rings. The molecule has 1 amide bonds. The third kappa shape index (κ3) is 4.75. The summed E-state index contributed by atoms with van der Waals surface area (Å²) < 4.78 is 23.2. The fourth-order valence-corrected chi connectivity index (χ4v) is 6.28. The number of thioether (sulfide) groups is 1. The standard InChI is InChI=1S/C16H26N4O3S2/c1-11(15(21)20(2)13-7-8-25(22,23)10-13)24-16-17-14(18-19-16)9-12-5-3-4-6-12/h11-13H,3-10H2,1-2H3,(H,17,18,19). The summed E-state index contributed by atoms with van der Waals surface area (Å²) in [6.45, 7) is 1.82. The van der Waals surface area contributed by atoms with Crippen molar-refractivity contribution in [3.63, 3.8) is 0 Å². The molecule has 0 radical (unpaired) electrons. The SMILES string of the molecule is CC(Sc1n[nH]c(CC2CCCC2)n1)C(=O)N(C)C1CCS(=O)(=O)C1. The fourth-order valence-electron chi connectivity index (χ4n) is 3.67. The minimum absolute atomic E-state index is 0.0683. The molecule has 1 N–H and O–H groups in total. The maximum absolute atomic E-state index is 12.6. The third-order valence-electron chi connectivity index (χ3n) is 5.20. The molecule has 1 aliphatic heterocycles. The number of aromatic nitrogens is 3. The number of aromatic amines is 1. The van der Waals surface area contributed by atoms with Crippen LogP contribution < -0.4 is 0 Å². The number of H-pyrrole nitrogens is 1. The smallest absolute Gasteiger partial charge is 0.235 e. The average molecular weight is 387 g/mol. The highest BCUT2D eigenvalue weighted by molar-refractivity contribution is 8.00. The van der Waals surface area contributed by atoms with Crippen molar-refractivity contribution in [2.75, 3.05) is 18.6 Å². The first-order valence-corrected chi connectivity index (χ1v) is 11.6. The zero-order valence-corrected chi connectivity index (χ0v) is 16.4. The second-order valence-electron chi connectivity index (χ2n) is 7.19. The fraction of sp³-hybridized carbons (Fsp3) is 0.812. The van der Waals surface area contributed by atoms with E-state index in [4.69, 9.17) is 0 Å². The number of carbonyl (C=O) groups excluding carboxylic acids is 1. The molecule has 1 saturated heterocycles. The minimum atomic E-state index is -3.00. The van der Waals surface area contributed by atoms with Gasteiger partial charge in [0.25, 0.3) is 0 Å². The van der Waals surface area contributed by atoms with Gasteiger partial charge in [-0.3, -0.25) is 9.89 Å². The Bertz CT molecular complexity index is 713. The highest BCUT2D eigenvalue weighted by atomic mass is 32.2. The molecule has 1 saturated carbocycles. The molecule has 25 heavy (non-hydrogen) atoms. The van der Waals surface area contributed by atoms with Crippen LogP contribution >= 0.6 is 11.8 Å². The average Bonchev–Trinajstić information content (AvgIpc) is 3.28. The van der Waals surface area contributed by atoms with Crippen LogP contribution in [0, 0.1) is 5.92 Å². The van der Waals surface area contributed by atoms with Gasteiger partial charge in [0.15, 0.2) is 9.84 Å². The Balaban J connectivity index is 1.53. The lowest BCUT2D eigenvalue weighted by atomic mass is 10.0. The number of sulfone groups is 1. The van der Waals surface area contributed by atoms with Gasteiger partial charge in [-0.2, -0.15) is 0 Å². The summed E-state index contributed by atoms with van der Waals surface area (Å²) in [4.78, 5) is 18.7. The van der Waals surface area contributed by atoms with E-state index >= 15 is 0 Å². The van der Waals surface area contributed by atoms with Crippen molar-refractivity contribution >= 4 is 27.5 Å². The third-order valence-corrected chi connectivity index (χ3v) is 7.90. The Morgan fingerprint density at radius 2 is 2.08 bits per heavy atom. The Kier molecular flexibility index (Phi) is 5.72. The molecule has 2 unspecified atom stereocenters. The van der Waals surface area contributed by atoms with Crippen molar-refractivity contribution in [2.45, 2.75) is 61.9 Å². The predicted octanol–water partition coefficient (Wildman–Crippen LogP) is 1.66. The minimum Gasteiger partial charge on any atom is -0.341 e. The van der Waals surface area contributed by atoms with Gasteiger partial charge in [-0.05, 0) is 19.3 Å². The number of amides is 1. The van der Waals surface area contributed by atoms with E-state index in [0.29, 0.717) is 17.5 Å². The highest BCUT2D eigenvalue weighted by Crippen LogP contribution is 2.28. The Labute approximate surface area is 153 Å². The van der Waals surface area contributed by atoms with Crippen LogP contribution in [0.1, 0.15) is 44.9 Å². The van der Waals surface area contributed by atoms with Gasteiger partial charge >= 0.3 is 0 Å². The Hall–Kier alpha value is -1.09.